The maximum atomic E-state index is 12.3. The largest absolute Gasteiger partial charge is 0.486 e. The fraction of sp³-hybridized carbons (Fsp3) is 0.100. The molecule has 0 unspecified atom stereocenters. The lowest BCUT2D eigenvalue weighted by molar-refractivity contribution is -0.112. The van der Waals surface area contributed by atoms with Crippen LogP contribution in [0.15, 0.2) is 65.2 Å². The molecule has 1 heterocycles. The number of hydrogen-bond donors (Lipinski definition) is 1. The summed E-state index contributed by atoms with van der Waals surface area (Å²) in [7, 11) is 0. The molecule has 3 rings (SSSR count). The van der Waals surface area contributed by atoms with E-state index in [4.69, 9.17) is 21.1 Å². The van der Waals surface area contributed by atoms with E-state index in [2.05, 4.69) is 5.32 Å². The van der Waals surface area contributed by atoms with E-state index in [1.165, 1.54) is 6.08 Å². The highest BCUT2D eigenvalue weighted by Crippen LogP contribution is 2.32. The van der Waals surface area contributed by atoms with Crippen molar-refractivity contribution in [3.8, 4) is 17.6 Å². The summed E-state index contributed by atoms with van der Waals surface area (Å²) in [5.41, 5.74) is 1.28. The molecule has 6 heteroatoms. The predicted molar refractivity (Wildman–Crippen MR) is 100 cm³/mol. The van der Waals surface area contributed by atoms with E-state index in [0.29, 0.717) is 30.4 Å². The summed E-state index contributed by atoms with van der Waals surface area (Å²) in [6.45, 7) is 0.944. The smallest absolute Gasteiger partial charge is 0.266 e. The first kappa shape index (κ1) is 17.6. The highest BCUT2D eigenvalue weighted by molar-refractivity contribution is 6.33. The molecule has 2 aromatic carbocycles. The maximum Gasteiger partial charge on any atom is 0.266 e. The lowest BCUT2D eigenvalue weighted by Crippen LogP contribution is -2.17. The first-order valence-corrected chi connectivity index (χ1v) is 8.28. The van der Waals surface area contributed by atoms with Gasteiger partial charge in [0.15, 0.2) is 11.5 Å². The molecule has 5 nitrogen and oxygen atoms in total. The topological polar surface area (TPSA) is 71.4 Å². The van der Waals surface area contributed by atoms with Crippen molar-refractivity contribution < 1.29 is 14.3 Å². The third-order valence-electron chi connectivity index (χ3n) is 3.55. The Bertz CT molecular complexity index is 914. The number of benzene rings is 2. The molecule has 0 fully saturated rings. The number of allylic oxidation sites excluding steroid dienone is 2. The Hall–Kier alpha value is -3.23. The van der Waals surface area contributed by atoms with Crippen molar-refractivity contribution in [2.24, 2.45) is 0 Å². The lowest BCUT2D eigenvalue weighted by Gasteiger charge is -2.18. The number of nitrogens with zero attached hydrogens (tertiary/aromatic N) is 1. The molecule has 0 radical (unpaired) electrons. The van der Waals surface area contributed by atoms with Crippen LogP contribution in [0.5, 0.6) is 11.5 Å². The number of ether oxygens (including phenoxy) is 2. The average molecular weight is 367 g/mol. The maximum absolute atomic E-state index is 12.3. The van der Waals surface area contributed by atoms with E-state index >= 15 is 0 Å². The minimum Gasteiger partial charge on any atom is -0.486 e. The second-order valence-corrected chi connectivity index (χ2v) is 5.86. The predicted octanol–water partition coefficient (Wildman–Crippen LogP) is 4.13. The number of nitriles is 1. The minimum atomic E-state index is -0.552. The van der Waals surface area contributed by atoms with Crippen LogP contribution in [0.3, 0.4) is 0 Å². The van der Waals surface area contributed by atoms with Crippen molar-refractivity contribution in [3.63, 3.8) is 0 Å². The first-order valence-electron chi connectivity index (χ1n) is 7.91. The second kappa shape index (κ2) is 8.24. The van der Waals surface area contributed by atoms with Crippen LogP contribution in [-0.2, 0) is 4.79 Å². The monoisotopic (exact) mass is 366 g/mol. The quantitative estimate of drug-likeness (QED) is 0.502. The number of carbonyl (C=O) groups is 1. The second-order valence-electron chi connectivity index (χ2n) is 5.42. The van der Waals surface area contributed by atoms with E-state index in [9.17, 15) is 10.1 Å². The number of amides is 1. The van der Waals surface area contributed by atoms with Gasteiger partial charge in [0.25, 0.3) is 5.91 Å². The molecule has 0 aromatic heterocycles. The fourth-order valence-electron chi connectivity index (χ4n) is 2.36. The Kier molecular flexibility index (Phi) is 5.57. The zero-order valence-corrected chi connectivity index (χ0v) is 14.5. The molecule has 2 aromatic rings. The normalized spacial score (nSPS) is 13.7. The molecule has 1 amide bonds. The van der Waals surface area contributed by atoms with Gasteiger partial charge in [-0.3, -0.25) is 4.79 Å². The van der Waals surface area contributed by atoms with Gasteiger partial charge >= 0.3 is 0 Å². The summed E-state index contributed by atoms with van der Waals surface area (Å²) < 4.78 is 10.9. The van der Waals surface area contributed by atoms with E-state index in [0.717, 1.165) is 5.56 Å². The third kappa shape index (κ3) is 4.44. The number of halogens is 1. The van der Waals surface area contributed by atoms with Crippen LogP contribution in [0.1, 0.15) is 5.56 Å². The van der Waals surface area contributed by atoms with Gasteiger partial charge in [0.05, 0.1) is 0 Å². The molecular formula is C20H15ClN2O3. The number of hydrogen-bond acceptors (Lipinski definition) is 4. The highest BCUT2D eigenvalue weighted by atomic mass is 35.5. The number of carbonyl (C=O) groups excluding carboxylic acids is 1. The molecule has 1 N–H and O–H groups in total. The van der Waals surface area contributed by atoms with Gasteiger partial charge in [-0.2, -0.15) is 5.26 Å². The Morgan fingerprint density at radius 3 is 2.58 bits per heavy atom. The van der Waals surface area contributed by atoms with E-state index in [1.807, 2.05) is 36.4 Å². The van der Waals surface area contributed by atoms with Crippen LogP contribution in [0.4, 0.5) is 5.69 Å². The molecule has 0 spiro atoms. The molecule has 0 saturated carbocycles. The molecule has 0 atom stereocenters. The van der Waals surface area contributed by atoms with Crippen LogP contribution in [0.25, 0.3) is 6.08 Å². The third-order valence-corrected chi connectivity index (χ3v) is 3.77. The fourth-order valence-corrected chi connectivity index (χ4v) is 2.59. The molecule has 26 heavy (non-hydrogen) atoms. The van der Waals surface area contributed by atoms with E-state index in [-0.39, 0.29) is 10.6 Å². The van der Waals surface area contributed by atoms with Crippen molar-refractivity contribution >= 4 is 29.3 Å². The van der Waals surface area contributed by atoms with Gasteiger partial charge in [-0.25, -0.2) is 0 Å². The lowest BCUT2D eigenvalue weighted by atomic mass is 10.2. The molecule has 0 aliphatic carbocycles. The van der Waals surface area contributed by atoms with Gasteiger partial charge in [0.1, 0.15) is 24.9 Å². The number of fused-ring (bicyclic) bond motifs is 1. The molecular weight excluding hydrogens is 352 g/mol. The Labute approximate surface area is 156 Å². The standard InChI is InChI=1S/C20H15ClN2O3/c21-16(10-14-4-2-1-3-5-14)11-15(13-22)20(24)23-17-6-7-18-19(12-17)26-9-8-25-18/h1-7,10-12H,8-9H2,(H,23,24). The minimum absolute atomic E-state index is 0.0999. The van der Waals surface area contributed by atoms with Crippen LogP contribution in [0.2, 0.25) is 0 Å². The molecule has 130 valence electrons. The summed E-state index contributed by atoms with van der Waals surface area (Å²) in [5, 5.41) is 12.2. The average Bonchev–Trinajstić information content (AvgIpc) is 2.66. The highest BCUT2D eigenvalue weighted by Gasteiger charge is 2.14. The summed E-state index contributed by atoms with van der Waals surface area (Å²) in [6, 6.07) is 16.3. The number of nitrogens with one attached hydrogen (secondary N) is 1. The van der Waals surface area contributed by atoms with Crippen molar-refractivity contribution in [1.29, 1.82) is 5.26 Å². The van der Waals surface area contributed by atoms with E-state index in [1.54, 1.807) is 24.3 Å². The summed E-state index contributed by atoms with van der Waals surface area (Å²) >= 11 is 6.15. The van der Waals surface area contributed by atoms with Gasteiger partial charge in [-0.15, -0.1) is 0 Å². The zero-order valence-electron chi connectivity index (χ0n) is 13.7. The van der Waals surface area contributed by atoms with Crippen molar-refractivity contribution in [1.82, 2.24) is 0 Å². The van der Waals surface area contributed by atoms with Crippen molar-refractivity contribution in [3.05, 3.63) is 70.8 Å². The molecule has 0 bridgehead atoms. The van der Waals surface area contributed by atoms with Crippen LogP contribution in [-0.4, -0.2) is 19.1 Å². The van der Waals surface area contributed by atoms with Gasteiger partial charge in [-0.1, -0.05) is 41.9 Å². The van der Waals surface area contributed by atoms with Crippen molar-refractivity contribution in [2.45, 2.75) is 0 Å². The van der Waals surface area contributed by atoms with Gasteiger partial charge < -0.3 is 14.8 Å². The molecule has 1 aliphatic heterocycles. The number of anilines is 1. The summed E-state index contributed by atoms with van der Waals surface area (Å²) in [6.07, 6.45) is 3.01. The summed E-state index contributed by atoms with van der Waals surface area (Å²) in [5.74, 6) is 0.626. The zero-order chi connectivity index (χ0) is 18.4. The first-order chi connectivity index (χ1) is 12.7. The molecule has 0 saturated heterocycles. The Morgan fingerprint density at radius 2 is 1.85 bits per heavy atom. The SMILES string of the molecule is N#CC(=CC(Cl)=Cc1ccccc1)C(=O)Nc1ccc2c(c1)OCCO2. The van der Waals surface area contributed by atoms with Crippen LogP contribution < -0.4 is 14.8 Å². The number of rotatable bonds is 4. The van der Waals surface area contributed by atoms with Gasteiger partial charge in [0.2, 0.25) is 0 Å². The van der Waals surface area contributed by atoms with Gasteiger partial charge in [-0.05, 0) is 29.8 Å². The summed E-state index contributed by atoms with van der Waals surface area (Å²) in [4.78, 5) is 12.3. The van der Waals surface area contributed by atoms with Crippen LogP contribution >= 0.6 is 11.6 Å². The van der Waals surface area contributed by atoms with Crippen LogP contribution in [0, 0.1) is 11.3 Å². The van der Waals surface area contributed by atoms with Gasteiger partial charge in [0, 0.05) is 16.8 Å². The molecule has 1 aliphatic rings. The van der Waals surface area contributed by atoms with Crippen molar-refractivity contribution in [2.75, 3.05) is 18.5 Å². The van der Waals surface area contributed by atoms with E-state index < -0.39 is 5.91 Å². The Morgan fingerprint density at radius 1 is 1.12 bits per heavy atom. The Balaban J connectivity index is 1.75.